The van der Waals surface area contributed by atoms with E-state index >= 15 is 0 Å². The second kappa shape index (κ2) is 6.90. The van der Waals surface area contributed by atoms with Gasteiger partial charge in [0, 0.05) is 28.4 Å². The predicted octanol–water partition coefficient (Wildman–Crippen LogP) is 3.85. The number of rotatable bonds is 5. The molecular formula is C17H14ClN3O4. The van der Waals surface area contributed by atoms with E-state index in [1.54, 1.807) is 24.3 Å². The van der Waals surface area contributed by atoms with E-state index in [2.05, 4.69) is 10.6 Å². The molecule has 8 heteroatoms. The zero-order valence-electron chi connectivity index (χ0n) is 13.0. The van der Waals surface area contributed by atoms with Crippen LogP contribution in [0.3, 0.4) is 0 Å². The third-order valence-corrected chi connectivity index (χ3v) is 3.99. The molecule has 0 unspecified atom stereocenters. The molecule has 0 aromatic heterocycles. The molecule has 2 aromatic rings. The molecule has 0 saturated heterocycles. The molecule has 2 N–H and O–H groups in total. The maximum atomic E-state index is 12.3. The fourth-order valence-corrected chi connectivity index (χ4v) is 2.44. The number of carbonyl (C=O) groups excluding carboxylic acids is 2. The van der Waals surface area contributed by atoms with E-state index in [0.29, 0.717) is 11.4 Å². The zero-order valence-corrected chi connectivity index (χ0v) is 13.7. The molecular weight excluding hydrogens is 346 g/mol. The van der Waals surface area contributed by atoms with Gasteiger partial charge in [-0.1, -0.05) is 11.6 Å². The van der Waals surface area contributed by atoms with Crippen molar-refractivity contribution >= 4 is 40.5 Å². The van der Waals surface area contributed by atoms with Crippen LogP contribution in [0.5, 0.6) is 0 Å². The Morgan fingerprint density at radius 2 is 1.64 bits per heavy atom. The van der Waals surface area contributed by atoms with E-state index < -0.39 is 10.8 Å². The molecule has 1 saturated carbocycles. The van der Waals surface area contributed by atoms with Crippen LogP contribution in [0.15, 0.2) is 42.5 Å². The van der Waals surface area contributed by atoms with Gasteiger partial charge in [0.2, 0.25) is 5.91 Å². The summed E-state index contributed by atoms with van der Waals surface area (Å²) >= 11 is 5.74. The van der Waals surface area contributed by atoms with Crippen LogP contribution < -0.4 is 10.6 Å². The smallest absolute Gasteiger partial charge is 0.283 e. The lowest BCUT2D eigenvalue weighted by Gasteiger charge is -2.08. The van der Waals surface area contributed by atoms with Gasteiger partial charge in [-0.2, -0.15) is 0 Å². The highest BCUT2D eigenvalue weighted by atomic mass is 35.5. The third-order valence-electron chi connectivity index (χ3n) is 3.76. The number of nitro benzene ring substituents is 1. The molecule has 0 heterocycles. The fraction of sp³-hybridized carbons (Fsp3) is 0.176. The summed E-state index contributed by atoms with van der Waals surface area (Å²) in [6.45, 7) is 0. The number of carbonyl (C=O) groups is 2. The molecule has 0 aliphatic heterocycles. The van der Waals surface area contributed by atoms with Crippen molar-refractivity contribution in [3.63, 3.8) is 0 Å². The topological polar surface area (TPSA) is 101 Å². The lowest BCUT2D eigenvalue weighted by Crippen LogP contribution is -2.15. The quantitative estimate of drug-likeness (QED) is 0.625. The molecule has 7 nitrogen and oxygen atoms in total. The summed E-state index contributed by atoms with van der Waals surface area (Å²) in [7, 11) is 0. The minimum Gasteiger partial charge on any atom is -0.326 e. The van der Waals surface area contributed by atoms with Crippen LogP contribution in [-0.4, -0.2) is 16.7 Å². The Kier molecular flexibility index (Phi) is 4.67. The van der Waals surface area contributed by atoms with Crippen LogP contribution in [-0.2, 0) is 4.79 Å². The molecule has 25 heavy (non-hydrogen) atoms. The number of hydrogen-bond acceptors (Lipinski definition) is 4. The van der Waals surface area contributed by atoms with Gasteiger partial charge in [-0.25, -0.2) is 0 Å². The van der Waals surface area contributed by atoms with Gasteiger partial charge in [-0.15, -0.1) is 0 Å². The van der Waals surface area contributed by atoms with Crippen molar-refractivity contribution in [1.82, 2.24) is 0 Å². The minimum atomic E-state index is -0.655. The summed E-state index contributed by atoms with van der Waals surface area (Å²) in [5.41, 5.74) is 0.643. The molecule has 0 radical (unpaired) electrons. The van der Waals surface area contributed by atoms with E-state index in [9.17, 15) is 19.7 Å². The van der Waals surface area contributed by atoms with E-state index in [1.807, 2.05) is 0 Å². The third kappa shape index (κ3) is 4.13. The highest BCUT2D eigenvalue weighted by Crippen LogP contribution is 2.30. The largest absolute Gasteiger partial charge is 0.326 e. The Bertz CT molecular complexity index is 847. The lowest BCUT2D eigenvalue weighted by atomic mass is 10.1. The first-order chi connectivity index (χ1) is 11.9. The zero-order chi connectivity index (χ0) is 18.0. The summed E-state index contributed by atoms with van der Waals surface area (Å²) in [5, 5.41) is 16.6. The summed E-state index contributed by atoms with van der Waals surface area (Å²) in [6.07, 6.45) is 1.83. The minimum absolute atomic E-state index is 0.00595. The highest BCUT2D eigenvalue weighted by Gasteiger charge is 2.29. The molecule has 128 valence electrons. The first kappa shape index (κ1) is 16.9. The average Bonchev–Trinajstić information content (AvgIpc) is 3.41. The first-order valence-corrected chi connectivity index (χ1v) is 7.98. The van der Waals surface area contributed by atoms with Crippen LogP contribution in [0.1, 0.15) is 23.2 Å². The van der Waals surface area contributed by atoms with Gasteiger partial charge >= 0.3 is 0 Å². The Morgan fingerprint density at radius 3 is 2.20 bits per heavy atom. The van der Waals surface area contributed by atoms with Crippen molar-refractivity contribution in [2.24, 2.45) is 5.92 Å². The van der Waals surface area contributed by atoms with E-state index in [0.717, 1.165) is 18.9 Å². The Labute approximate surface area is 148 Å². The molecule has 2 amide bonds. The molecule has 0 spiro atoms. The summed E-state index contributed by atoms with van der Waals surface area (Å²) in [5.74, 6) is -0.517. The second-order valence-electron chi connectivity index (χ2n) is 5.71. The molecule has 1 aliphatic carbocycles. The van der Waals surface area contributed by atoms with E-state index in [-0.39, 0.29) is 28.1 Å². The van der Waals surface area contributed by atoms with Crippen molar-refractivity contribution in [3.05, 3.63) is 63.2 Å². The predicted molar refractivity (Wildman–Crippen MR) is 93.9 cm³/mol. The van der Waals surface area contributed by atoms with Crippen LogP contribution in [0.4, 0.5) is 17.1 Å². The van der Waals surface area contributed by atoms with Gasteiger partial charge in [0.05, 0.1) is 4.92 Å². The standard InChI is InChI=1S/C17H14ClN3O4/c18-11-3-8-14(15(9-11)21(24)25)17(23)20-13-6-4-12(5-7-13)19-16(22)10-1-2-10/h3-10H,1-2H2,(H,19,22)(H,20,23). The molecule has 3 rings (SSSR count). The van der Waals surface area contributed by atoms with Gasteiger partial charge in [-0.3, -0.25) is 19.7 Å². The Morgan fingerprint density at radius 1 is 1.04 bits per heavy atom. The lowest BCUT2D eigenvalue weighted by molar-refractivity contribution is -0.385. The number of hydrogen-bond donors (Lipinski definition) is 2. The van der Waals surface area contributed by atoms with Gasteiger partial charge in [0.15, 0.2) is 0 Å². The van der Waals surface area contributed by atoms with Crippen molar-refractivity contribution in [1.29, 1.82) is 0 Å². The number of halogens is 1. The second-order valence-corrected chi connectivity index (χ2v) is 6.15. The number of nitro groups is 1. The molecule has 1 aliphatic rings. The van der Waals surface area contributed by atoms with Crippen molar-refractivity contribution in [2.75, 3.05) is 10.6 Å². The first-order valence-electron chi connectivity index (χ1n) is 7.60. The van der Waals surface area contributed by atoms with Crippen molar-refractivity contribution in [2.45, 2.75) is 12.8 Å². The Hall–Kier alpha value is -2.93. The maximum Gasteiger partial charge on any atom is 0.283 e. The van der Waals surface area contributed by atoms with Gasteiger partial charge in [-0.05, 0) is 49.2 Å². The monoisotopic (exact) mass is 359 g/mol. The van der Waals surface area contributed by atoms with E-state index in [4.69, 9.17) is 11.6 Å². The van der Waals surface area contributed by atoms with Crippen LogP contribution in [0.25, 0.3) is 0 Å². The van der Waals surface area contributed by atoms with Gasteiger partial charge in [0.1, 0.15) is 5.56 Å². The molecule has 1 fully saturated rings. The van der Waals surface area contributed by atoms with Crippen molar-refractivity contribution in [3.8, 4) is 0 Å². The normalized spacial score (nSPS) is 13.2. The van der Waals surface area contributed by atoms with Crippen LogP contribution >= 0.6 is 11.6 Å². The summed E-state index contributed by atoms with van der Waals surface area (Å²) in [6, 6.07) is 10.4. The SMILES string of the molecule is O=C(Nc1ccc(NC(=O)C2CC2)cc1)c1ccc(Cl)cc1[N+](=O)[O-]. The van der Waals surface area contributed by atoms with Gasteiger partial charge < -0.3 is 10.6 Å². The number of benzene rings is 2. The van der Waals surface area contributed by atoms with Crippen molar-refractivity contribution < 1.29 is 14.5 Å². The summed E-state index contributed by atoms with van der Waals surface area (Å²) in [4.78, 5) is 34.4. The molecule has 0 bridgehead atoms. The summed E-state index contributed by atoms with van der Waals surface area (Å²) < 4.78 is 0. The number of amides is 2. The van der Waals surface area contributed by atoms with E-state index in [1.165, 1.54) is 12.1 Å². The fourth-order valence-electron chi connectivity index (χ4n) is 2.27. The molecule has 0 atom stereocenters. The van der Waals surface area contributed by atoms with Crippen LogP contribution in [0.2, 0.25) is 5.02 Å². The highest BCUT2D eigenvalue weighted by molar-refractivity contribution is 6.31. The molecule has 2 aromatic carbocycles. The Balaban J connectivity index is 1.70. The number of nitrogens with one attached hydrogen (secondary N) is 2. The number of anilines is 2. The maximum absolute atomic E-state index is 12.3. The average molecular weight is 360 g/mol. The van der Waals surface area contributed by atoms with Gasteiger partial charge in [0.25, 0.3) is 11.6 Å². The van der Waals surface area contributed by atoms with Crippen LogP contribution in [0, 0.1) is 16.0 Å². The number of nitrogens with zero attached hydrogens (tertiary/aromatic N) is 1.